The molecule has 2 aromatic heterocycles. The van der Waals surface area contributed by atoms with E-state index in [1.54, 1.807) is 33.8 Å². The number of nitrogens with zero attached hydrogens (tertiary/aromatic N) is 2. The minimum absolute atomic E-state index is 0.151. The largest absolute Gasteiger partial charge is 0.454 e. The Morgan fingerprint density at radius 3 is 2.41 bits per heavy atom. The van der Waals surface area contributed by atoms with Crippen LogP contribution in [0.15, 0.2) is 34.9 Å². The van der Waals surface area contributed by atoms with Crippen molar-refractivity contribution in [2.24, 2.45) is 5.41 Å². The molecule has 6 heteroatoms. The van der Waals surface area contributed by atoms with E-state index >= 15 is 0 Å². The number of ether oxygens (including phenoxy) is 1. The van der Waals surface area contributed by atoms with Gasteiger partial charge in [0.15, 0.2) is 12.4 Å². The Balaban J connectivity index is 2.00. The molecule has 0 aliphatic rings. The Hall–Kier alpha value is -3.02. The van der Waals surface area contributed by atoms with Crippen LogP contribution < -0.4 is 0 Å². The third kappa shape index (κ3) is 3.89. The van der Waals surface area contributed by atoms with Gasteiger partial charge in [0.2, 0.25) is 0 Å². The lowest BCUT2D eigenvalue weighted by atomic mass is 9.91. The number of benzene rings is 1. The Morgan fingerprint density at radius 1 is 1.11 bits per heavy atom. The first kappa shape index (κ1) is 18.8. The van der Waals surface area contributed by atoms with Crippen LogP contribution in [0.4, 0.5) is 0 Å². The first-order chi connectivity index (χ1) is 12.7. The van der Waals surface area contributed by atoms with E-state index in [-0.39, 0.29) is 23.7 Å². The third-order valence-electron chi connectivity index (χ3n) is 4.36. The number of esters is 1. The summed E-state index contributed by atoms with van der Waals surface area (Å²) in [6, 6.07) is 9.43. The molecule has 0 saturated heterocycles. The Morgan fingerprint density at radius 2 is 1.78 bits per heavy atom. The molecule has 3 rings (SSSR count). The van der Waals surface area contributed by atoms with Crippen molar-refractivity contribution in [2.45, 2.75) is 34.6 Å². The molecule has 3 aromatic rings. The van der Waals surface area contributed by atoms with Crippen LogP contribution in [-0.4, -0.2) is 28.5 Å². The van der Waals surface area contributed by atoms with Crippen molar-refractivity contribution in [3.05, 3.63) is 47.2 Å². The standard InChI is InChI=1S/C21H22N2O4/c1-12-6-8-14(9-7-12)16-10-15(18-13(2)23-27-19(18)22-16)20(25)26-11-17(24)21(3,4)5/h6-10H,11H2,1-5H3. The predicted molar refractivity (Wildman–Crippen MR) is 101 cm³/mol. The molecule has 140 valence electrons. The number of pyridine rings is 1. The second kappa shape index (κ2) is 6.95. The van der Waals surface area contributed by atoms with E-state index in [9.17, 15) is 9.59 Å². The topological polar surface area (TPSA) is 82.3 Å². The molecule has 0 spiro atoms. The van der Waals surface area contributed by atoms with E-state index in [1.165, 1.54) is 0 Å². The summed E-state index contributed by atoms with van der Waals surface area (Å²) >= 11 is 0. The normalized spacial score (nSPS) is 11.6. The lowest BCUT2D eigenvalue weighted by molar-refractivity contribution is -0.129. The molecule has 27 heavy (non-hydrogen) atoms. The van der Waals surface area contributed by atoms with Crippen LogP contribution in [0, 0.1) is 19.3 Å². The van der Waals surface area contributed by atoms with E-state index in [4.69, 9.17) is 9.26 Å². The zero-order chi connectivity index (χ0) is 19.8. The van der Waals surface area contributed by atoms with Crippen LogP contribution >= 0.6 is 0 Å². The SMILES string of the molecule is Cc1ccc(-c2cc(C(=O)OCC(=O)C(C)(C)C)c3c(C)noc3n2)cc1. The average Bonchev–Trinajstić information content (AvgIpc) is 2.99. The summed E-state index contributed by atoms with van der Waals surface area (Å²) in [5.41, 5.74) is 3.06. The van der Waals surface area contributed by atoms with Gasteiger partial charge in [-0.15, -0.1) is 0 Å². The maximum Gasteiger partial charge on any atom is 0.339 e. The van der Waals surface area contributed by atoms with Gasteiger partial charge < -0.3 is 9.26 Å². The van der Waals surface area contributed by atoms with Crippen molar-refractivity contribution >= 4 is 22.9 Å². The van der Waals surface area contributed by atoms with Crippen molar-refractivity contribution in [1.82, 2.24) is 10.1 Å². The van der Waals surface area contributed by atoms with Crippen molar-refractivity contribution in [1.29, 1.82) is 0 Å². The minimum atomic E-state index is -0.598. The fourth-order valence-electron chi connectivity index (χ4n) is 2.55. The number of Topliss-reactive ketones (excluding diaryl/α,β-unsaturated/α-hetero) is 1. The molecule has 2 heterocycles. The van der Waals surface area contributed by atoms with Gasteiger partial charge >= 0.3 is 5.97 Å². The van der Waals surface area contributed by atoms with Crippen LogP contribution in [0.2, 0.25) is 0 Å². The molecule has 0 aliphatic heterocycles. The number of aromatic nitrogens is 2. The van der Waals surface area contributed by atoms with Gasteiger partial charge in [-0.3, -0.25) is 4.79 Å². The van der Waals surface area contributed by atoms with E-state index in [0.29, 0.717) is 16.8 Å². The van der Waals surface area contributed by atoms with Gasteiger partial charge in [0.05, 0.1) is 22.3 Å². The van der Waals surface area contributed by atoms with Crippen LogP contribution in [0.25, 0.3) is 22.4 Å². The molecule has 0 unspecified atom stereocenters. The monoisotopic (exact) mass is 366 g/mol. The number of fused-ring (bicyclic) bond motifs is 1. The third-order valence-corrected chi connectivity index (χ3v) is 4.36. The second-order valence-corrected chi connectivity index (χ2v) is 7.62. The number of ketones is 1. The molecule has 0 N–H and O–H groups in total. The fourth-order valence-corrected chi connectivity index (χ4v) is 2.55. The zero-order valence-corrected chi connectivity index (χ0v) is 16.1. The maximum absolute atomic E-state index is 12.7. The maximum atomic E-state index is 12.7. The van der Waals surface area contributed by atoms with Gasteiger partial charge in [-0.05, 0) is 19.9 Å². The lowest BCUT2D eigenvalue weighted by Crippen LogP contribution is -2.26. The molecule has 0 aliphatic carbocycles. The molecule has 0 amide bonds. The van der Waals surface area contributed by atoms with E-state index in [0.717, 1.165) is 11.1 Å². The van der Waals surface area contributed by atoms with E-state index in [2.05, 4.69) is 10.1 Å². The molecule has 6 nitrogen and oxygen atoms in total. The summed E-state index contributed by atoms with van der Waals surface area (Å²) in [5, 5.41) is 4.41. The number of carbonyl (C=O) groups excluding carboxylic acids is 2. The first-order valence-electron chi connectivity index (χ1n) is 8.71. The summed E-state index contributed by atoms with van der Waals surface area (Å²) in [6.45, 7) is 8.80. The molecule has 0 saturated carbocycles. The number of aryl methyl sites for hydroxylation is 2. The van der Waals surface area contributed by atoms with E-state index in [1.807, 2.05) is 31.2 Å². The highest BCUT2D eigenvalue weighted by atomic mass is 16.5. The molecular formula is C21H22N2O4. The van der Waals surface area contributed by atoms with Crippen molar-refractivity contribution in [2.75, 3.05) is 6.61 Å². The predicted octanol–water partition coefficient (Wildman–Crippen LogP) is 4.28. The highest BCUT2D eigenvalue weighted by molar-refractivity contribution is 6.05. The van der Waals surface area contributed by atoms with Gasteiger partial charge in [-0.25, -0.2) is 9.78 Å². The molecule has 0 fully saturated rings. The first-order valence-corrected chi connectivity index (χ1v) is 8.71. The summed E-state index contributed by atoms with van der Waals surface area (Å²) in [4.78, 5) is 29.3. The van der Waals surface area contributed by atoms with Crippen molar-refractivity contribution < 1.29 is 18.8 Å². The van der Waals surface area contributed by atoms with Gasteiger partial charge in [0.1, 0.15) is 0 Å². The van der Waals surface area contributed by atoms with Crippen LogP contribution in [-0.2, 0) is 9.53 Å². The Kier molecular flexibility index (Phi) is 4.83. The minimum Gasteiger partial charge on any atom is -0.454 e. The number of rotatable bonds is 4. The molecule has 0 radical (unpaired) electrons. The highest BCUT2D eigenvalue weighted by Crippen LogP contribution is 2.28. The number of carbonyl (C=O) groups is 2. The highest BCUT2D eigenvalue weighted by Gasteiger charge is 2.25. The molecule has 1 aromatic carbocycles. The van der Waals surface area contributed by atoms with Gasteiger partial charge in [-0.2, -0.15) is 0 Å². The Labute approximate surface area is 157 Å². The van der Waals surface area contributed by atoms with Crippen LogP contribution in [0.1, 0.15) is 42.4 Å². The Bertz CT molecular complexity index is 1010. The van der Waals surface area contributed by atoms with Crippen LogP contribution in [0.3, 0.4) is 0 Å². The zero-order valence-electron chi connectivity index (χ0n) is 16.1. The summed E-state index contributed by atoms with van der Waals surface area (Å²) < 4.78 is 10.5. The smallest absolute Gasteiger partial charge is 0.339 e. The molecular weight excluding hydrogens is 344 g/mol. The fraction of sp³-hybridized carbons (Fsp3) is 0.333. The van der Waals surface area contributed by atoms with Gasteiger partial charge in [-0.1, -0.05) is 55.8 Å². The van der Waals surface area contributed by atoms with Gasteiger partial charge in [0.25, 0.3) is 5.71 Å². The average molecular weight is 366 g/mol. The van der Waals surface area contributed by atoms with Gasteiger partial charge in [0, 0.05) is 11.0 Å². The molecule has 0 bridgehead atoms. The summed E-state index contributed by atoms with van der Waals surface area (Å²) in [5.74, 6) is -0.749. The summed E-state index contributed by atoms with van der Waals surface area (Å²) in [6.07, 6.45) is 0. The molecule has 0 atom stereocenters. The lowest BCUT2D eigenvalue weighted by Gasteiger charge is -2.16. The van der Waals surface area contributed by atoms with E-state index < -0.39 is 11.4 Å². The van der Waals surface area contributed by atoms with Crippen molar-refractivity contribution in [3.63, 3.8) is 0 Å². The van der Waals surface area contributed by atoms with Crippen LogP contribution in [0.5, 0.6) is 0 Å². The van der Waals surface area contributed by atoms with Crippen molar-refractivity contribution in [3.8, 4) is 11.3 Å². The second-order valence-electron chi connectivity index (χ2n) is 7.62. The number of hydrogen-bond donors (Lipinski definition) is 0. The summed E-state index contributed by atoms with van der Waals surface area (Å²) in [7, 11) is 0. The quantitative estimate of drug-likeness (QED) is 0.641. The number of hydrogen-bond acceptors (Lipinski definition) is 6.